The molecule has 4 aliphatic carbocycles. The van der Waals surface area contributed by atoms with E-state index in [0.717, 1.165) is 29.7 Å². The normalized spacial score (nSPS) is 47.9. The Morgan fingerprint density at radius 1 is 0.897 bits per heavy atom. The molecule has 0 N–H and O–H groups in total. The second-order valence-corrected chi connectivity index (χ2v) is 12.1. The minimum Gasteiger partial charge on any atom is -0.343 e. The van der Waals surface area contributed by atoms with Gasteiger partial charge in [0.25, 0.3) is 0 Å². The van der Waals surface area contributed by atoms with Crippen LogP contribution in [0.3, 0.4) is 0 Å². The maximum atomic E-state index is 12.0. The Morgan fingerprint density at radius 2 is 1.55 bits per heavy atom. The number of nitrogens with zero attached hydrogens (tertiary/aromatic N) is 2. The molecule has 3 heteroatoms. The Hall–Kier alpha value is -0.570. The van der Waals surface area contributed by atoms with Crippen molar-refractivity contribution in [3.63, 3.8) is 0 Å². The third-order valence-electron chi connectivity index (χ3n) is 11.1. The highest BCUT2D eigenvalue weighted by atomic mass is 16.2. The average Bonchev–Trinajstić information content (AvgIpc) is 3.03. The third-order valence-corrected chi connectivity index (χ3v) is 11.1. The number of carbonyl (C=O) groups is 1. The van der Waals surface area contributed by atoms with Crippen LogP contribution in [0.4, 0.5) is 0 Å². The van der Waals surface area contributed by atoms with Gasteiger partial charge in [0.1, 0.15) is 0 Å². The van der Waals surface area contributed by atoms with Crippen LogP contribution < -0.4 is 0 Å². The van der Waals surface area contributed by atoms with Gasteiger partial charge in [0.15, 0.2) is 0 Å². The molecule has 0 aromatic carbocycles. The molecule has 0 heterocycles. The maximum absolute atomic E-state index is 12.0. The number of amides is 1. The van der Waals surface area contributed by atoms with Crippen LogP contribution in [0.25, 0.3) is 0 Å². The molecular weight excluding hydrogens is 356 g/mol. The van der Waals surface area contributed by atoms with E-state index in [4.69, 9.17) is 0 Å². The third kappa shape index (κ3) is 3.29. The van der Waals surface area contributed by atoms with Crippen LogP contribution in [0.2, 0.25) is 0 Å². The van der Waals surface area contributed by atoms with E-state index in [0.29, 0.717) is 22.8 Å². The lowest BCUT2D eigenvalue weighted by atomic mass is 9.44. The fraction of sp³-hybridized carbons (Fsp3) is 0.962. The van der Waals surface area contributed by atoms with Crippen LogP contribution in [0, 0.1) is 40.4 Å². The standard InChI is InChI=1S/C26H46N2O/c1-17(28(7)18(2)29)22-10-11-23-21-9-8-19-16-20(27(5)6)12-14-25(19,3)24(21)13-15-26(22,23)4/h17,19-24H,8-16H2,1-7H3/t17-,19?,20+,21-,22+,23-,24-,25-,26+/m0/s1. The summed E-state index contributed by atoms with van der Waals surface area (Å²) in [6.07, 6.45) is 12.7. The van der Waals surface area contributed by atoms with Crippen molar-refractivity contribution < 1.29 is 4.79 Å². The number of hydrogen-bond donors (Lipinski definition) is 0. The highest BCUT2D eigenvalue weighted by Crippen LogP contribution is 2.68. The Balaban J connectivity index is 1.53. The van der Waals surface area contributed by atoms with E-state index in [1.807, 2.05) is 11.9 Å². The van der Waals surface area contributed by atoms with E-state index < -0.39 is 0 Å². The molecule has 4 rings (SSSR count). The molecule has 1 unspecified atom stereocenters. The maximum Gasteiger partial charge on any atom is 0.219 e. The summed E-state index contributed by atoms with van der Waals surface area (Å²) in [5, 5.41) is 0. The number of carbonyl (C=O) groups excluding carboxylic acids is 1. The predicted octanol–water partition coefficient (Wildman–Crippen LogP) is 5.44. The number of rotatable bonds is 3. The molecule has 0 radical (unpaired) electrons. The van der Waals surface area contributed by atoms with E-state index in [2.05, 4.69) is 39.8 Å². The van der Waals surface area contributed by atoms with E-state index >= 15 is 0 Å². The van der Waals surface area contributed by atoms with Gasteiger partial charge in [0, 0.05) is 26.1 Å². The molecule has 0 saturated heterocycles. The van der Waals surface area contributed by atoms with Crippen molar-refractivity contribution in [3.8, 4) is 0 Å². The Bertz CT molecular complexity index is 632. The molecule has 9 atom stereocenters. The van der Waals surface area contributed by atoms with Crippen molar-refractivity contribution in [3.05, 3.63) is 0 Å². The molecule has 0 aromatic rings. The van der Waals surface area contributed by atoms with Gasteiger partial charge in [0.05, 0.1) is 0 Å². The molecule has 0 aromatic heterocycles. The SMILES string of the molecule is CC(=O)N(C)[C@@H](C)[C@H]1CC[C@H]2[C@@H]3CCC4C[C@H](N(C)C)CC[C@]4(C)[C@H]3CC[C@]12C. The van der Waals surface area contributed by atoms with Gasteiger partial charge in [-0.3, -0.25) is 4.79 Å². The molecular formula is C26H46N2O. The predicted molar refractivity (Wildman–Crippen MR) is 121 cm³/mol. The quantitative estimate of drug-likeness (QED) is 0.627. The van der Waals surface area contributed by atoms with Gasteiger partial charge in [-0.2, -0.15) is 0 Å². The van der Waals surface area contributed by atoms with Crippen LogP contribution in [0.15, 0.2) is 0 Å². The Morgan fingerprint density at radius 3 is 2.21 bits per heavy atom. The van der Waals surface area contributed by atoms with Crippen molar-refractivity contribution in [1.82, 2.24) is 9.80 Å². The topological polar surface area (TPSA) is 23.6 Å². The molecule has 4 saturated carbocycles. The monoisotopic (exact) mass is 402 g/mol. The van der Waals surface area contributed by atoms with Crippen LogP contribution in [-0.2, 0) is 4.79 Å². The van der Waals surface area contributed by atoms with Crippen molar-refractivity contribution in [2.24, 2.45) is 40.4 Å². The second kappa shape index (κ2) is 7.53. The fourth-order valence-corrected chi connectivity index (χ4v) is 9.09. The smallest absolute Gasteiger partial charge is 0.219 e. The number of fused-ring (bicyclic) bond motifs is 5. The van der Waals surface area contributed by atoms with Crippen LogP contribution >= 0.6 is 0 Å². The van der Waals surface area contributed by atoms with Crippen LogP contribution in [0.1, 0.15) is 85.5 Å². The van der Waals surface area contributed by atoms with Gasteiger partial charge < -0.3 is 9.80 Å². The van der Waals surface area contributed by atoms with Gasteiger partial charge in [0.2, 0.25) is 5.91 Å². The summed E-state index contributed by atoms with van der Waals surface area (Å²) in [5.41, 5.74) is 1.02. The zero-order valence-corrected chi connectivity index (χ0v) is 20.2. The first-order valence-electron chi connectivity index (χ1n) is 12.5. The first kappa shape index (κ1) is 21.7. The van der Waals surface area contributed by atoms with Crippen LogP contribution in [-0.4, -0.2) is 48.9 Å². The van der Waals surface area contributed by atoms with Gasteiger partial charge >= 0.3 is 0 Å². The van der Waals surface area contributed by atoms with E-state index in [1.165, 1.54) is 57.8 Å². The molecule has 1 amide bonds. The van der Waals surface area contributed by atoms with E-state index in [9.17, 15) is 4.79 Å². The van der Waals surface area contributed by atoms with E-state index in [-0.39, 0.29) is 5.91 Å². The van der Waals surface area contributed by atoms with E-state index in [1.54, 1.807) is 6.92 Å². The highest BCUT2D eigenvalue weighted by molar-refractivity contribution is 5.73. The summed E-state index contributed by atoms with van der Waals surface area (Å²) in [5.74, 6) is 4.61. The first-order valence-corrected chi connectivity index (χ1v) is 12.5. The lowest BCUT2D eigenvalue weighted by Gasteiger charge is -2.62. The van der Waals surface area contributed by atoms with Gasteiger partial charge in [-0.25, -0.2) is 0 Å². The highest BCUT2D eigenvalue weighted by Gasteiger charge is 2.61. The first-order chi connectivity index (χ1) is 13.6. The number of hydrogen-bond acceptors (Lipinski definition) is 2. The Labute approximate surface area is 180 Å². The largest absolute Gasteiger partial charge is 0.343 e. The summed E-state index contributed by atoms with van der Waals surface area (Å²) in [6, 6.07) is 1.18. The fourth-order valence-electron chi connectivity index (χ4n) is 9.09. The molecule has 0 spiro atoms. The van der Waals surface area contributed by atoms with Gasteiger partial charge in [-0.1, -0.05) is 13.8 Å². The van der Waals surface area contributed by atoms with Gasteiger partial charge in [-0.15, -0.1) is 0 Å². The molecule has 166 valence electrons. The van der Waals surface area contributed by atoms with Crippen molar-refractivity contribution in [2.75, 3.05) is 21.1 Å². The summed E-state index contributed by atoms with van der Waals surface area (Å²) >= 11 is 0. The van der Waals surface area contributed by atoms with Crippen LogP contribution in [0.5, 0.6) is 0 Å². The zero-order chi connectivity index (χ0) is 21.1. The molecule has 0 bridgehead atoms. The Kier molecular flexibility index (Phi) is 5.63. The lowest BCUT2D eigenvalue weighted by molar-refractivity contribution is -0.135. The zero-order valence-electron chi connectivity index (χ0n) is 20.2. The molecule has 3 nitrogen and oxygen atoms in total. The molecule has 0 aliphatic heterocycles. The minimum atomic E-state index is 0.226. The molecule has 29 heavy (non-hydrogen) atoms. The lowest BCUT2D eigenvalue weighted by Crippen LogP contribution is -2.56. The summed E-state index contributed by atoms with van der Waals surface area (Å²) in [7, 11) is 6.58. The summed E-state index contributed by atoms with van der Waals surface area (Å²) < 4.78 is 0. The summed E-state index contributed by atoms with van der Waals surface area (Å²) in [4.78, 5) is 16.5. The molecule has 4 aliphatic rings. The summed E-state index contributed by atoms with van der Waals surface area (Å²) in [6.45, 7) is 9.33. The van der Waals surface area contributed by atoms with Crippen molar-refractivity contribution in [2.45, 2.75) is 97.6 Å². The van der Waals surface area contributed by atoms with Crippen molar-refractivity contribution in [1.29, 1.82) is 0 Å². The minimum absolute atomic E-state index is 0.226. The molecule has 4 fully saturated rings. The second-order valence-electron chi connectivity index (χ2n) is 12.1. The van der Waals surface area contributed by atoms with Crippen molar-refractivity contribution >= 4 is 5.91 Å². The van der Waals surface area contributed by atoms with Gasteiger partial charge in [-0.05, 0) is 119 Å². The average molecular weight is 403 g/mol.